The lowest BCUT2D eigenvalue weighted by Crippen LogP contribution is -2.17. The number of halogens is 1. The minimum atomic E-state index is -0.222. The summed E-state index contributed by atoms with van der Waals surface area (Å²) in [6.45, 7) is 4.12. The van der Waals surface area contributed by atoms with Crippen molar-refractivity contribution in [1.29, 1.82) is 0 Å². The predicted molar refractivity (Wildman–Crippen MR) is 54.7 cm³/mol. The zero-order valence-electron chi connectivity index (χ0n) is 8.59. The second kappa shape index (κ2) is 4.36. The minimum absolute atomic E-state index is 0.0609. The van der Waals surface area contributed by atoms with E-state index >= 15 is 0 Å². The van der Waals surface area contributed by atoms with Gasteiger partial charge in [0, 0.05) is 6.42 Å². The fourth-order valence-corrected chi connectivity index (χ4v) is 1.47. The van der Waals surface area contributed by atoms with Gasteiger partial charge in [-0.05, 0) is 29.5 Å². The monoisotopic (exact) mass is 194 g/mol. The molecule has 14 heavy (non-hydrogen) atoms. The molecule has 1 nitrogen and oxygen atoms in total. The molecule has 2 heteroatoms. The van der Waals surface area contributed by atoms with E-state index in [0.717, 1.165) is 18.3 Å². The Morgan fingerprint density at radius 1 is 1.29 bits per heavy atom. The molecule has 0 aliphatic carbocycles. The Hall–Kier alpha value is -1.18. The van der Waals surface area contributed by atoms with Crippen LogP contribution in [0.5, 0.6) is 0 Å². The van der Waals surface area contributed by atoms with Crippen molar-refractivity contribution < 1.29 is 9.18 Å². The molecule has 1 aromatic rings. The van der Waals surface area contributed by atoms with Crippen LogP contribution in [-0.2, 0) is 10.2 Å². The highest BCUT2D eigenvalue weighted by Crippen LogP contribution is 2.27. The summed E-state index contributed by atoms with van der Waals surface area (Å²) in [6, 6.07) is 6.47. The molecule has 0 atom stereocenters. The van der Waals surface area contributed by atoms with Crippen LogP contribution in [-0.4, -0.2) is 6.29 Å². The molecule has 0 heterocycles. The number of rotatable bonds is 4. The van der Waals surface area contributed by atoms with Crippen molar-refractivity contribution in [3.05, 3.63) is 35.6 Å². The summed E-state index contributed by atoms with van der Waals surface area (Å²) in [7, 11) is 0. The molecule has 1 aromatic carbocycles. The largest absolute Gasteiger partial charge is 0.303 e. The first-order valence-corrected chi connectivity index (χ1v) is 4.76. The molecule has 1 rings (SSSR count). The van der Waals surface area contributed by atoms with Crippen molar-refractivity contribution in [2.75, 3.05) is 0 Å². The van der Waals surface area contributed by atoms with E-state index in [0.29, 0.717) is 6.42 Å². The van der Waals surface area contributed by atoms with E-state index in [1.807, 2.05) is 0 Å². The van der Waals surface area contributed by atoms with Crippen LogP contribution >= 0.6 is 0 Å². The van der Waals surface area contributed by atoms with Crippen LogP contribution in [0.1, 0.15) is 32.3 Å². The lowest BCUT2D eigenvalue weighted by molar-refractivity contribution is -0.108. The summed E-state index contributed by atoms with van der Waals surface area (Å²) >= 11 is 0. The molecule has 0 saturated heterocycles. The Morgan fingerprint density at radius 3 is 2.36 bits per heavy atom. The molecule has 0 unspecified atom stereocenters. The fourth-order valence-electron chi connectivity index (χ4n) is 1.47. The first-order chi connectivity index (χ1) is 6.56. The van der Waals surface area contributed by atoms with E-state index in [1.54, 1.807) is 12.1 Å². The summed E-state index contributed by atoms with van der Waals surface area (Å²) in [6.07, 6.45) is 2.26. The molecule has 0 amide bonds. The average Bonchev–Trinajstić information content (AvgIpc) is 2.16. The van der Waals surface area contributed by atoms with Crippen LogP contribution < -0.4 is 0 Å². The van der Waals surface area contributed by atoms with E-state index in [-0.39, 0.29) is 11.2 Å². The van der Waals surface area contributed by atoms with Gasteiger partial charge >= 0.3 is 0 Å². The third kappa shape index (κ3) is 2.66. The quantitative estimate of drug-likeness (QED) is 0.673. The average molecular weight is 194 g/mol. The van der Waals surface area contributed by atoms with Gasteiger partial charge in [0.05, 0.1) is 0 Å². The molecule has 0 aliphatic heterocycles. The number of carbonyl (C=O) groups is 1. The van der Waals surface area contributed by atoms with Crippen molar-refractivity contribution in [2.24, 2.45) is 0 Å². The van der Waals surface area contributed by atoms with Crippen LogP contribution in [0.25, 0.3) is 0 Å². The molecule has 0 spiro atoms. The normalized spacial score (nSPS) is 11.4. The third-order valence-corrected chi connectivity index (χ3v) is 2.51. The standard InChI is InChI=1S/C12H15FO/c1-12(2,8-3-9-14)10-4-6-11(13)7-5-10/h4-7,9H,3,8H2,1-2H3. The fraction of sp³-hybridized carbons (Fsp3) is 0.417. The highest BCUT2D eigenvalue weighted by Gasteiger charge is 2.19. The van der Waals surface area contributed by atoms with Crippen molar-refractivity contribution in [3.8, 4) is 0 Å². The third-order valence-electron chi connectivity index (χ3n) is 2.51. The van der Waals surface area contributed by atoms with Gasteiger partial charge in [-0.3, -0.25) is 0 Å². The maximum absolute atomic E-state index is 12.7. The molecule has 0 bridgehead atoms. The molecule has 0 aliphatic rings. The van der Waals surface area contributed by atoms with Crippen LogP contribution in [0, 0.1) is 5.82 Å². The van der Waals surface area contributed by atoms with Crippen molar-refractivity contribution in [1.82, 2.24) is 0 Å². The van der Waals surface area contributed by atoms with Gasteiger partial charge in [-0.25, -0.2) is 4.39 Å². The molecule has 0 radical (unpaired) electrons. The van der Waals surface area contributed by atoms with Crippen molar-refractivity contribution in [3.63, 3.8) is 0 Å². The summed E-state index contributed by atoms with van der Waals surface area (Å²) in [5.41, 5.74) is 1.01. The SMILES string of the molecule is CC(C)(CCC=O)c1ccc(F)cc1. The van der Waals surface area contributed by atoms with Gasteiger partial charge in [0.1, 0.15) is 12.1 Å². The topological polar surface area (TPSA) is 17.1 Å². The van der Waals surface area contributed by atoms with E-state index < -0.39 is 0 Å². The lowest BCUT2D eigenvalue weighted by Gasteiger charge is -2.24. The number of benzene rings is 1. The van der Waals surface area contributed by atoms with Crippen LogP contribution in [0.4, 0.5) is 4.39 Å². The van der Waals surface area contributed by atoms with Crippen LogP contribution in [0.15, 0.2) is 24.3 Å². The van der Waals surface area contributed by atoms with Gasteiger partial charge in [-0.1, -0.05) is 26.0 Å². The lowest BCUT2D eigenvalue weighted by atomic mass is 9.81. The Kier molecular flexibility index (Phi) is 3.39. The van der Waals surface area contributed by atoms with E-state index in [2.05, 4.69) is 13.8 Å². The Bertz CT molecular complexity index is 301. The van der Waals surface area contributed by atoms with Gasteiger partial charge in [0.15, 0.2) is 0 Å². The molecule has 76 valence electrons. The Labute approximate surface area is 83.9 Å². The highest BCUT2D eigenvalue weighted by atomic mass is 19.1. The van der Waals surface area contributed by atoms with Gasteiger partial charge in [0.25, 0.3) is 0 Å². The van der Waals surface area contributed by atoms with Gasteiger partial charge in [-0.15, -0.1) is 0 Å². The zero-order valence-corrected chi connectivity index (χ0v) is 8.59. The number of carbonyl (C=O) groups excluding carboxylic acids is 1. The molecular formula is C12H15FO. The summed E-state index contributed by atoms with van der Waals surface area (Å²) in [5.74, 6) is -0.222. The maximum Gasteiger partial charge on any atom is 0.123 e. The summed E-state index contributed by atoms with van der Waals surface area (Å²) < 4.78 is 12.7. The Morgan fingerprint density at radius 2 is 1.86 bits per heavy atom. The molecule has 0 N–H and O–H groups in total. The second-order valence-electron chi connectivity index (χ2n) is 4.10. The van der Waals surface area contributed by atoms with E-state index in [1.165, 1.54) is 12.1 Å². The van der Waals surface area contributed by atoms with Crippen LogP contribution in [0.3, 0.4) is 0 Å². The molecule has 0 saturated carbocycles. The van der Waals surface area contributed by atoms with Crippen LogP contribution in [0.2, 0.25) is 0 Å². The molecule has 0 fully saturated rings. The number of aldehydes is 1. The predicted octanol–water partition coefficient (Wildman–Crippen LogP) is 3.08. The first-order valence-electron chi connectivity index (χ1n) is 4.76. The highest BCUT2D eigenvalue weighted by molar-refractivity contribution is 5.49. The van der Waals surface area contributed by atoms with E-state index in [9.17, 15) is 9.18 Å². The number of hydrogen-bond donors (Lipinski definition) is 0. The van der Waals surface area contributed by atoms with E-state index in [4.69, 9.17) is 0 Å². The molecular weight excluding hydrogens is 179 g/mol. The maximum atomic E-state index is 12.7. The van der Waals surface area contributed by atoms with Gasteiger partial charge < -0.3 is 4.79 Å². The minimum Gasteiger partial charge on any atom is -0.303 e. The number of hydrogen-bond acceptors (Lipinski definition) is 1. The van der Waals surface area contributed by atoms with Gasteiger partial charge in [0.2, 0.25) is 0 Å². The van der Waals surface area contributed by atoms with Crippen molar-refractivity contribution in [2.45, 2.75) is 32.1 Å². The molecule has 0 aromatic heterocycles. The first kappa shape index (κ1) is 10.9. The zero-order chi connectivity index (χ0) is 10.6. The summed E-state index contributed by atoms with van der Waals surface area (Å²) in [4.78, 5) is 10.3. The van der Waals surface area contributed by atoms with Gasteiger partial charge in [-0.2, -0.15) is 0 Å². The second-order valence-corrected chi connectivity index (χ2v) is 4.10. The van der Waals surface area contributed by atoms with Crippen molar-refractivity contribution >= 4 is 6.29 Å². The Balaban J connectivity index is 2.80. The summed E-state index contributed by atoms with van der Waals surface area (Å²) in [5, 5.41) is 0. The smallest absolute Gasteiger partial charge is 0.123 e.